The summed E-state index contributed by atoms with van der Waals surface area (Å²) in [4.78, 5) is 0. The molecule has 0 radical (unpaired) electrons. The summed E-state index contributed by atoms with van der Waals surface area (Å²) in [5.74, 6) is 4.01. The van der Waals surface area contributed by atoms with Crippen LogP contribution in [0.3, 0.4) is 0 Å². The Bertz CT molecular complexity index is 627. The molecule has 0 aliphatic carbocycles. The van der Waals surface area contributed by atoms with E-state index >= 15 is 0 Å². The Balaban J connectivity index is 1.44. The number of fused-ring (bicyclic) bond motifs is 1. The van der Waals surface area contributed by atoms with Gasteiger partial charge in [-0.2, -0.15) is 0 Å². The van der Waals surface area contributed by atoms with Gasteiger partial charge < -0.3 is 0 Å². The molecule has 1 aromatic carbocycles. The van der Waals surface area contributed by atoms with Crippen LogP contribution in [0.5, 0.6) is 0 Å². The fraction of sp³-hybridized carbons (Fsp3) is 0.708. The Morgan fingerprint density at radius 1 is 0.786 bits per heavy atom. The van der Waals surface area contributed by atoms with Crippen molar-refractivity contribution < 1.29 is 4.57 Å². The summed E-state index contributed by atoms with van der Waals surface area (Å²) in [6.45, 7) is 2.29. The lowest BCUT2D eigenvalue weighted by Crippen LogP contribution is -2.32. The molecule has 0 saturated carbocycles. The highest BCUT2D eigenvalue weighted by atomic mass is 33.1. The Morgan fingerprint density at radius 3 is 2.00 bits per heavy atom. The number of aryl methyl sites for hydroxylation is 2. The normalized spacial score (nSPS) is 11.5. The van der Waals surface area contributed by atoms with Gasteiger partial charge in [-0.05, 0) is 25.0 Å². The molecule has 28 heavy (non-hydrogen) atoms. The van der Waals surface area contributed by atoms with E-state index in [0.29, 0.717) is 0 Å². The molecule has 2 rings (SSSR count). The van der Waals surface area contributed by atoms with Gasteiger partial charge in [-0.15, -0.1) is 0 Å². The first-order chi connectivity index (χ1) is 13.8. The minimum atomic E-state index is 1.16. The number of imidazole rings is 1. The van der Waals surface area contributed by atoms with Gasteiger partial charge in [-0.3, -0.25) is 0 Å². The number of hydrogen-bond donors (Lipinski definition) is 0. The SMILES string of the molecule is CCCCCCCCCCCCSSCCCc1n(C)c2ccccc2[n+]1C. The molecular formula is C24H41N2S2+. The molecule has 0 aliphatic rings. The van der Waals surface area contributed by atoms with E-state index in [1.165, 1.54) is 99.0 Å². The predicted molar refractivity (Wildman–Crippen MR) is 129 cm³/mol. The zero-order valence-electron chi connectivity index (χ0n) is 18.4. The van der Waals surface area contributed by atoms with Gasteiger partial charge in [-0.1, -0.05) is 98.4 Å². The van der Waals surface area contributed by atoms with Crippen LogP contribution in [-0.4, -0.2) is 16.1 Å². The van der Waals surface area contributed by atoms with Crippen LogP contribution in [0.25, 0.3) is 11.0 Å². The van der Waals surface area contributed by atoms with Gasteiger partial charge in [0.15, 0.2) is 11.0 Å². The Labute approximate surface area is 181 Å². The second kappa shape index (κ2) is 14.4. The number of nitrogens with zero attached hydrogens (tertiary/aromatic N) is 2. The van der Waals surface area contributed by atoms with E-state index in [4.69, 9.17) is 0 Å². The minimum absolute atomic E-state index is 1.16. The molecule has 1 heterocycles. The van der Waals surface area contributed by atoms with Crippen molar-refractivity contribution in [3.05, 3.63) is 30.1 Å². The van der Waals surface area contributed by atoms with E-state index in [1.807, 2.05) is 0 Å². The molecule has 2 aromatic rings. The number of unbranched alkanes of at least 4 members (excludes halogenated alkanes) is 9. The molecule has 0 atom stereocenters. The lowest BCUT2D eigenvalue weighted by atomic mass is 10.1. The molecule has 0 saturated heterocycles. The first-order valence-electron chi connectivity index (χ1n) is 11.4. The highest BCUT2D eigenvalue weighted by Gasteiger charge is 2.18. The second-order valence-corrected chi connectivity index (χ2v) is 10.7. The zero-order chi connectivity index (χ0) is 20.0. The summed E-state index contributed by atoms with van der Waals surface area (Å²) >= 11 is 0. The molecule has 0 N–H and O–H groups in total. The van der Waals surface area contributed by atoms with Crippen LogP contribution in [-0.2, 0) is 20.5 Å². The van der Waals surface area contributed by atoms with Crippen LogP contribution in [0.15, 0.2) is 24.3 Å². The summed E-state index contributed by atoms with van der Waals surface area (Å²) < 4.78 is 4.72. The lowest BCUT2D eigenvalue weighted by Gasteiger charge is -2.03. The van der Waals surface area contributed by atoms with Crippen LogP contribution < -0.4 is 4.57 Å². The predicted octanol–water partition coefficient (Wildman–Crippen LogP) is 7.24. The van der Waals surface area contributed by atoms with E-state index in [1.54, 1.807) is 0 Å². The summed E-state index contributed by atoms with van der Waals surface area (Å²) in [5, 5.41) is 0. The van der Waals surface area contributed by atoms with Crippen molar-refractivity contribution in [3.63, 3.8) is 0 Å². The van der Waals surface area contributed by atoms with Crippen molar-refractivity contribution in [2.24, 2.45) is 14.1 Å². The summed E-state index contributed by atoms with van der Waals surface area (Å²) in [6.07, 6.45) is 16.7. The van der Waals surface area contributed by atoms with E-state index in [9.17, 15) is 0 Å². The molecule has 0 fully saturated rings. The van der Waals surface area contributed by atoms with Crippen LogP contribution >= 0.6 is 21.6 Å². The van der Waals surface area contributed by atoms with Crippen molar-refractivity contribution in [2.75, 3.05) is 11.5 Å². The zero-order valence-corrected chi connectivity index (χ0v) is 20.1. The molecule has 2 nitrogen and oxygen atoms in total. The van der Waals surface area contributed by atoms with E-state index < -0.39 is 0 Å². The maximum Gasteiger partial charge on any atom is 0.256 e. The van der Waals surface area contributed by atoms with Gasteiger partial charge in [0.1, 0.15) is 0 Å². The van der Waals surface area contributed by atoms with Crippen LogP contribution in [0.4, 0.5) is 0 Å². The molecule has 1 aromatic heterocycles. The summed E-state index contributed by atoms with van der Waals surface area (Å²) in [6, 6.07) is 8.70. The van der Waals surface area contributed by atoms with Gasteiger partial charge in [0.05, 0.1) is 20.5 Å². The maximum atomic E-state index is 2.36. The average molecular weight is 422 g/mol. The second-order valence-electron chi connectivity index (χ2n) is 7.95. The number of benzene rings is 1. The van der Waals surface area contributed by atoms with Crippen molar-refractivity contribution in [1.82, 2.24) is 4.57 Å². The van der Waals surface area contributed by atoms with Crippen LogP contribution in [0.2, 0.25) is 0 Å². The molecular weight excluding hydrogens is 380 g/mol. The van der Waals surface area contributed by atoms with Crippen LogP contribution in [0, 0.1) is 0 Å². The summed E-state index contributed by atoms with van der Waals surface area (Å²) in [7, 11) is 8.55. The number of aromatic nitrogens is 2. The van der Waals surface area contributed by atoms with Crippen molar-refractivity contribution in [1.29, 1.82) is 0 Å². The van der Waals surface area contributed by atoms with Gasteiger partial charge >= 0.3 is 0 Å². The Morgan fingerprint density at radius 2 is 1.36 bits per heavy atom. The van der Waals surface area contributed by atoms with E-state index in [2.05, 4.69) is 76.0 Å². The van der Waals surface area contributed by atoms with Gasteiger partial charge in [0.25, 0.3) is 5.82 Å². The molecule has 0 aliphatic heterocycles. The van der Waals surface area contributed by atoms with Gasteiger partial charge in [0.2, 0.25) is 0 Å². The first kappa shape index (κ1) is 23.7. The first-order valence-corrected chi connectivity index (χ1v) is 13.9. The fourth-order valence-electron chi connectivity index (χ4n) is 3.93. The third kappa shape index (κ3) is 8.02. The lowest BCUT2D eigenvalue weighted by molar-refractivity contribution is -0.654. The van der Waals surface area contributed by atoms with Crippen molar-refractivity contribution >= 4 is 32.6 Å². The number of hydrogen-bond acceptors (Lipinski definition) is 2. The highest BCUT2D eigenvalue weighted by molar-refractivity contribution is 8.76. The summed E-state index contributed by atoms with van der Waals surface area (Å²) in [5.41, 5.74) is 2.67. The third-order valence-electron chi connectivity index (χ3n) is 5.67. The fourth-order valence-corrected chi connectivity index (χ4v) is 6.16. The van der Waals surface area contributed by atoms with Gasteiger partial charge in [0, 0.05) is 11.5 Å². The van der Waals surface area contributed by atoms with Crippen LogP contribution in [0.1, 0.15) is 83.4 Å². The molecule has 0 spiro atoms. The molecule has 4 heteroatoms. The largest absolute Gasteiger partial charge is 0.256 e. The maximum absolute atomic E-state index is 2.36. The van der Waals surface area contributed by atoms with Crippen molar-refractivity contribution in [2.45, 2.75) is 84.0 Å². The molecule has 0 bridgehead atoms. The highest BCUT2D eigenvalue weighted by Crippen LogP contribution is 2.24. The molecule has 0 amide bonds. The van der Waals surface area contributed by atoms with E-state index in [0.717, 1.165) is 6.42 Å². The average Bonchev–Trinajstić information content (AvgIpc) is 2.96. The quantitative estimate of drug-likeness (QED) is 0.160. The van der Waals surface area contributed by atoms with Crippen molar-refractivity contribution in [3.8, 4) is 0 Å². The Kier molecular flexibility index (Phi) is 12.2. The number of para-hydroxylation sites is 2. The molecule has 0 unspecified atom stereocenters. The Hall–Kier alpha value is -0.610. The monoisotopic (exact) mass is 421 g/mol. The topological polar surface area (TPSA) is 8.81 Å². The smallest absolute Gasteiger partial charge is 0.230 e. The van der Waals surface area contributed by atoms with Gasteiger partial charge in [-0.25, -0.2) is 9.13 Å². The minimum Gasteiger partial charge on any atom is -0.230 e. The standard InChI is InChI=1S/C24H41N2S2/c1-4-5-6-7-8-9-10-11-12-15-20-27-28-21-16-19-24-25(2)22-17-13-14-18-23(22)26(24)3/h13-14,17-18H,4-12,15-16,19-21H2,1-3H3/q+1. The van der Waals surface area contributed by atoms with E-state index in [-0.39, 0.29) is 0 Å². The molecule has 158 valence electrons. The third-order valence-corrected chi connectivity index (χ3v) is 8.25. The number of rotatable bonds is 16.